The van der Waals surface area contributed by atoms with Gasteiger partial charge >= 0.3 is 21.7 Å². The van der Waals surface area contributed by atoms with E-state index in [2.05, 4.69) is 48.5 Å². The third-order valence-electron chi connectivity index (χ3n) is 2.90. The van der Waals surface area contributed by atoms with Gasteiger partial charge in [0.05, 0.1) is 0 Å². The number of rotatable bonds is 2. The fraction of sp³-hybridized carbons (Fsp3) is 0.429. The molecule has 140 valence electrons. The van der Waals surface area contributed by atoms with Crippen LogP contribution in [0.2, 0.25) is 0 Å². The molecule has 2 aromatic carbocycles. The molecule has 0 unspecified atom stereocenters. The Balaban J connectivity index is -0.000000155. The molecule has 0 heterocycles. The first-order valence-corrected chi connectivity index (χ1v) is 8.02. The van der Waals surface area contributed by atoms with Gasteiger partial charge in [0.1, 0.15) is 5.75 Å². The average molecular weight is 419 g/mol. The van der Waals surface area contributed by atoms with Crippen molar-refractivity contribution in [2.24, 2.45) is 0 Å². The molecular formula is C21H32Cl2OTi. The Hall–Kier alpha value is -0.336. The SMILES string of the molecule is CC(C)c1cccc(C(C)C)c1O.C[C-](C)C.[Cl-].[Cl-].[Ti+4].c1cc[cH-]c1. The monoisotopic (exact) mass is 418 g/mol. The Bertz CT molecular complexity index is 448. The summed E-state index contributed by atoms with van der Waals surface area (Å²) in [5.41, 5.74) is 2.09. The first kappa shape index (κ1) is 32.3. The Labute approximate surface area is 182 Å². The summed E-state index contributed by atoms with van der Waals surface area (Å²) in [4.78, 5) is 0. The number of hydrogen-bond acceptors (Lipinski definition) is 1. The number of hydrogen-bond donors (Lipinski definition) is 1. The molecule has 0 atom stereocenters. The van der Waals surface area contributed by atoms with Crippen LogP contribution in [0.1, 0.15) is 71.4 Å². The van der Waals surface area contributed by atoms with Gasteiger partial charge in [-0.1, -0.05) is 45.9 Å². The molecule has 1 N–H and O–H groups in total. The number of para-hydroxylation sites is 1. The Morgan fingerprint density at radius 3 is 1.32 bits per heavy atom. The first-order chi connectivity index (χ1) is 10.3. The molecule has 4 heteroatoms. The molecule has 0 spiro atoms. The van der Waals surface area contributed by atoms with Gasteiger partial charge in [-0.2, -0.15) is 39.0 Å². The third kappa shape index (κ3) is 15.6. The van der Waals surface area contributed by atoms with Crippen LogP contribution < -0.4 is 24.8 Å². The molecule has 0 aliphatic rings. The molecule has 25 heavy (non-hydrogen) atoms. The van der Waals surface area contributed by atoms with E-state index in [9.17, 15) is 5.11 Å². The summed E-state index contributed by atoms with van der Waals surface area (Å²) >= 11 is 0. The minimum absolute atomic E-state index is 0. The molecule has 0 amide bonds. The smallest absolute Gasteiger partial charge is 1.00 e. The molecule has 0 bridgehead atoms. The van der Waals surface area contributed by atoms with Gasteiger partial charge in [0, 0.05) is 0 Å². The van der Waals surface area contributed by atoms with Crippen molar-refractivity contribution in [2.75, 3.05) is 0 Å². The van der Waals surface area contributed by atoms with E-state index in [1.165, 1.54) is 5.92 Å². The Kier molecular flexibility index (Phi) is 23.9. The van der Waals surface area contributed by atoms with E-state index in [0.717, 1.165) is 11.1 Å². The van der Waals surface area contributed by atoms with Crippen molar-refractivity contribution in [3.05, 3.63) is 65.6 Å². The Morgan fingerprint density at radius 2 is 1.12 bits per heavy atom. The largest absolute Gasteiger partial charge is 4.00 e. The van der Waals surface area contributed by atoms with Crippen molar-refractivity contribution in [3.63, 3.8) is 0 Å². The summed E-state index contributed by atoms with van der Waals surface area (Å²) in [5.74, 6) is 2.67. The van der Waals surface area contributed by atoms with E-state index >= 15 is 0 Å². The summed E-state index contributed by atoms with van der Waals surface area (Å²) in [6.45, 7) is 14.6. The standard InChI is InChI=1S/C12H18O.C5H5.C4H9.2ClH.Ti/c1-8(2)10-6-5-7-11(9(3)4)12(10)13;1-2-4-5-3-1;1-4(2)3;;;/h5-9,13H,1-4H3;1-5H;1-3H3;2*1H;/q;2*-1;;;+4/p-2. The van der Waals surface area contributed by atoms with Gasteiger partial charge in [-0.3, -0.25) is 0 Å². The zero-order valence-corrected chi connectivity index (χ0v) is 19.6. The number of halogens is 2. The maximum Gasteiger partial charge on any atom is 4.00 e. The molecule has 0 fully saturated rings. The van der Waals surface area contributed by atoms with Gasteiger partial charge in [-0.25, -0.2) is 12.1 Å². The van der Waals surface area contributed by atoms with Crippen LogP contribution in [0.4, 0.5) is 0 Å². The molecule has 0 aliphatic heterocycles. The van der Waals surface area contributed by atoms with Gasteiger partial charge in [-0.15, -0.1) is 0 Å². The maximum atomic E-state index is 9.93. The van der Waals surface area contributed by atoms with Crippen LogP contribution in [0.5, 0.6) is 5.75 Å². The summed E-state index contributed by atoms with van der Waals surface area (Å²) in [6.07, 6.45) is 0. The van der Waals surface area contributed by atoms with E-state index in [1.807, 2.05) is 48.5 Å². The molecule has 2 aromatic rings. The van der Waals surface area contributed by atoms with Gasteiger partial charge < -0.3 is 35.8 Å². The number of phenolic OH excluding ortho intramolecular Hbond substituents is 1. The summed E-state index contributed by atoms with van der Waals surface area (Å²) in [7, 11) is 0. The Morgan fingerprint density at radius 1 is 0.800 bits per heavy atom. The van der Waals surface area contributed by atoms with Gasteiger partial charge in [0.2, 0.25) is 0 Å². The zero-order chi connectivity index (χ0) is 17.1. The quantitative estimate of drug-likeness (QED) is 0.561. The molecule has 0 saturated carbocycles. The summed E-state index contributed by atoms with van der Waals surface area (Å²) in [6, 6.07) is 16.0. The van der Waals surface area contributed by atoms with Crippen molar-refractivity contribution in [2.45, 2.75) is 60.3 Å². The minimum atomic E-state index is 0. The zero-order valence-electron chi connectivity index (χ0n) is 16.5. The second-order valence-corrected chi connectivity index (χ2v) is 6.56. The average Bonchev–Trinajstić information content (AvgIpc) is 2.96. The predicted molar refractivity (Wildman–Crippen MR) is 98.6 cm³/mol. The van der Waals surface area contributed by atoms with Crippen molar-refractivity contribution in [1.29, 1.82) is 0 Å². The molecule has 0 saturated heterocycles. The number of phenols is 1. The summed E-state index contributed by atoms with van der Waals surface area (Å²) < 4.78 is 0. The van der Waals surface area contributed by atoms with Crippen molar-refractivity contribution < 1.29 is 51.6 Å². The third-order valence-corrected chi connectivity index (χ3v) is 2.90. The van der Waals surface area contributed by atoms with Crippen LogP contribution in [-0.2, 0) is 21.7 Å². The molecular weight excluding hydrogens is 387 g/mol. The van der Waals surface area contributed by atoms with Crippen LogP contribution in [0, 0.1) is 5.92 Å². The fourth-order valence-electron chi connectivity index (χ4n) is 1.83. The van der Waals surface area contributed by atoms with E-state index in [4.69, 9.17) is 0 Å². The maximum absolute atomic E-state index is 9.93. The van der Waals surface area contributed by atoms with Crippen LogP contribution in [0.25, 0.3) is 0 Å². The molecule has 0 aliphatic carbocycles. The van der Waals surface area contributed by atoms with Crippen molar-refractivity contribution >= 4 is 0 Å². The summed E-state index contributed by atoms with van der Waals surface area (Å²) in [5, 5.41) is 9.93. The van der Waals surface area contributed by atoms with Crippen LogP contribution >= 0.6 is 0 Å². The number of benzene rings is 1. The van der Waals surface area contributed by atoms with Gasteiger partial charge in [-0.05, 0) is 23.0 Å². The van der Waals surface area contributed by atoms with Gasteiger partial charge in [0.15, 0.2) is 0 Å². The first-order valence-electron chi connectivity index (χ1n) is 8.02. The minimum Gasteiger partial charge on any atom is -1.00 e. The fourth-order valence-corrected chi connectivity index (χ4v) is 1.83. The second-order valence-electron chi connectivity index (χ2n) is 6.56. The van der Waals surface area contributed by atoms with Crippen LogP contribution in [0.15, 0.2) is 48.5 Å². The van der Waals surface area contributed by atoms with Gasteiger partial charge in [0.25, 0.3) is 0 Å². The molecule has 0 aromatic heterocycles. The normalized spacial score (nSPS) is 8.88. The second kappa shape index (κ2) is 18.5. The topological polar surface area (TPSA) is 20.2 Å². The molecule has 2 rings (SSSR count). The van der Waals surface area contributed by atoms with Crippen molar-refractivity contribution in [3.8, 4) is 5.75 Å². The van der Waals surface area contributed by atoms with Crippen LogP contribution in [0.3, 0.4) is 0 Å². The number of aromatic hydroxyl groups is 1. The van der Waals surface area contributed by atoms with E-state index in [-0.39, 0.29) is 46.5 Å². The van der Waals surface area contributed by atoms with Crippen LogP contribution in [-0.4, -0.2) is 5.11 Å². The van der Waals surface area contributed by atoms with E-state index in [1.54, 1.807) is 0 Å². The molecule has 1 nitrogen and oxygen atoms in total. The van der Waals surface area contributed by atoms with Crippen molar-refractivity contribution in [1.82, 2.24) is 0 Å². The predicted octanol–water partition coefficient (Wildman–Crippen LogP) is 0.671. The molecule has 0 radical (unpaired) electrons. The van der Waals surface area contributed by atoms with E-state index in [0.29, 0.717) is 17.6 Å². The van der Waals surface area contributed by atoms with E-state index < -0.39 is 0 Å².